The molecular weight excluding hydrogens is 260 g/mol. The monoisotopic (exact) mass is 282 g/mol. The maximum Gasteiger partial charge on any atom is 0.161 e. The Hall–Kier alpha value is -2.29. The molecule has 0 radical (unpaired) electrons. The van der Waals surface area contributed by atoms with E-state index in [1.807, 2.05) is 6.07 Å². The Balaban J connectivity index is 2.03. The van der Waals surface area contributed by atoms with Crippen LogP contribution in [0.2, 0.25) is 0 Å². The fourth-order valence-electron chi connectivity index (χ4n) is 2.22. The van der Waals surface area contributed by atoms with Crippen LogP contribution < -0.4 is 11.1 Å². The Kier molecular flexibility index (Phi) is 4.63. The van der Waals surface area contributed by atoms with Crippen molar-refractivity contribution in [2.75, 3.05) is 11.1 Å². The normalized spacial score (nSPS) is 10.7. The van der Waals surface area contributed by atoms with Crippen LogP contribution in [0.4, 0.5) is 11.4 Å². The molecule has 0 amide bonds. The molecule has 0 aromatic heterocycles. The highest BCUT2D eigenvalue weighted by Crippen LogP contribution is 2.20. The molecule has 2 aromatic carbocycles. The minimum atomic E-state index is -0.0108. The van der Waals surface area contributed by atoms with E-state index in [0.717, 1.165) is 12.2 Å². The van der Waals surface area contributed by atoms with E-state index >= 15 is 0 Å². The molecular formula is C18H22N2O. The van der Waals surface area contributed by atoms with Gasteiger partial charge in [0, 0.05) is 23.5 Å². The van der Waals surface area contributed by atoms with Crippen LogP contribution in [-0.2, 0) is 6.54 Å². The predicted molar refractivity (Wildman–Crippen MR) is 88.7 cm³/mol. The number of carbonyl (C=O) groups is 1. The van der Waals surface area contributed by atoms with Crippen molar-refractivity contribution in [3.05, 3.63) is 59.2 Å². The highest BCUT2D eigenvalue weighted by Gasteiger charge is 2.05. The van der Waals surface area contributed by atoms with Crippen molar-refractivity contribution in [1.82, 2.24) is 0 Å². The van der Waals surface area contributed by atoms with Crippen LogP contribution in [0.1, 0.15) is 48.2 Å². The van der Waals surface area contributed by atoms with Crippen LogP contribution in [0.5, 0.6) is 0 Å². The van der Waals surface area contributed by atoms with Crippen LogP contribution in [0.15, 0.2) is 42.5 Å². The zero-order chi connectivity index (χ0) is 15.4. The number of hydrogen-bond donors (Lipinski definition) is 2. The number of rotatable bonds is 5. The number of carbonyl (C=O) groups excluding carboxylic acids is 1. The van der Waals surface area contributed by atoms with Crippen molar-refractivity contribution < 1.29 is 4.79 Å². The molecule has 21 heavy (non-hydrogen) atoms. The Bertz CT molecular complexity index is 630. The average molecular weight is 282 g/mol. The van der Waals surface area contributed by atoms with Crippen molar-refractivity contribution in [3.8, 4) is 0 Å². The second kappa shape index (κ2) is 6.44. The summed E-state index contributed by atoms with van der Waals surface area (Å²) >= 11 is 0. The third-order valence-electron chi connectivity index (χ3n) is 3.57. The maximum absolute atomic E-state index is 11.3. The third-order valence-corrected chi connectivity index (χ3v) is 3.57. The van der Waals surface area contributed by atoms with Gasteiger partial charge in [-0.05, 0) is 42.2 Å². The van der Waals surface area contributed by atoms with E-state index < -0.39 is 0 Å². The van der Waals surface area contributed by atoms with Crippen LogP contribution in [0, 0.1) is 0 Å². The van der Waals surface area contributed by atoms with Gasteiger partial charge in [-0.2, -0.15) is 0 Å². The zero-order valence-electron chi connectivity index (χ0n) is 12.8. The summed E-state index contributed by atoms with van der Waals surface area (Å²) in [5.74, 6) is 0.536. The molecule has 3 heteroatoms. The molecule has 2 aromatic rings. The van der Waals surface area contributed by atoms with Crippen molar-refractivity contribution in [2.24, 2.45) is 0 Å². The molecule has 0 aliphatic rings. The molecule has 3 N–H and O–H groups in total. The van der Waals surface area contributed by atoms with Gasteiger partial charge >= 0.3 is 0 Å². The first-order chi connectivity index (χ1) is 9.97. The molecule has 0 saturated carbocycles. The van der Waals surface area contributed by atoms with Crippen molar-refractivity contribution in [3.63, 3.8) is 0 Å². The molecule has 0 heterocycles. The number of hydrogen-bond acceptors (Lipinski definition) is 3. The second-order valence-electron chi connectivity index (χ2n) is 5.61. The van der Waals surface area contributed by atoms with Gasteiger partial charge < -0.3 is 11.1 Å². The summed E-state index contributed by atoms with van der Waals surface area (Å²) in [4.78, 5) is 11.3. The van der Waals surface area contributed by atoms with Crippen molar-refractivity contribution >= 4 is 17.2 Å². The molecule has 0 fully saturated rings. The number of ketones is 1. The van der Waals surface area contributed by atoms with E-state index in [1.54, 1.807) is 12.1 Å². The lowest BCUT2D eigenvalue weighted by atomic mass is 10.0. The minimum Gasteiger partial charge on any atom is -0.398 e. The Morgan fingerprint density at radius 2 is 1.81 bits per heavy atom. The maximum atomic E-state index is 11.3. The molecule has 110 valence electrons. The van der Waals surface area contributed by atoms with E-state index in [9.17, 15) is 4.79 Å². The van der Waals surface area contributed by atoms with E-state index in [2.05, 4.69) is 43.4 Å². The lowest BCUT2D eigenvalue weighted by Gasteiger charge is -2.10. The molecule has 0 unspecified atom stereocenters. The number of nitrogen functional groups attached to an aromatic ring is 1. The zero-order valence-corrected chi connectivity index (χ0v) is 12.8. The number of Topliss-reactive ketones (excluding diaryl/α,β-unsaturated/α-hetero) is 1. The summed E-state index contributed by atoms with van der Waals surface area (Å²) in [6, 6.07) is 14.0. The van der Waals surface area contributed by atoms with Crippen LogP contribution in [0.3, 0.4) is 0 Å². The van der Waals surface area contributed by atoms with E-state index in [0.29, 0.717) is 17.2 Å². The van der Waals surface area contributed by atoms with E-state index in [-0.39, 0.29) is 5.78 Å². The highest BCUT2D eigenvalue weighted by molar-refractivity contribution is 5.99. The Labute approximate surface area is 126 Å². The minimum absolute atomic E-state index is 0.0108. The van der Waals surface area contributed by atoms with Crippen molar-refractivity contribution in [1.29, 1.82) is 0 Å². The molecule has 0 atom stereocenters. The SMILES string of the molecule is CC(=O)c1ccc(NCc2ccc(C(C)C)cc2)cc1N. The van der Waals surface area contributed by atoms with Gasteiger partial charge in [0.2, 0.25) is 0 Å². The first-order valence-electron chi connectivity index (χ1n) is 7.20. The summed E-state index contributed by atoms with van der Waals surface area (Å²) in [7, 11) is 0. The number of nitrogens with one attached hydrogen (secondary N) is 1. The molecule has 0 saturated heterocycles. The first-order valence-corrected chi connectivity index (χ1v) is 7.20. The fourth-order valence-corrected chi connectivity index (χ4v) is 2.22. The number of benzene rings is 2. The van der Waals surface area contributed by atoms with Crippen molar-refractivity contribution in [2.45, 2.75) is 33.2 Å². The smallest absolute Gasteiger partial charge is 0.161 e. The summed E-state index contributed by atoms with van der Waals surface area (Å²) in [6.07, 6.45) is 0. The third kappa shape index (κ3) is 3.85. The lowest BCUT2D eigenvalue weighted by Crippen LogP contribution is -2.03. The second-order valence-corrected chi connectivity index (χ2v) is 5.61. The Morgan fingerprint density at radius 3 is 2.33 bits per heavy atom. The number of nitrogens with two attached hydrogens (primary N) is 1. The van der Waals surface area contributed by atoms with Gasteiger partial charge in [-0.3, -0.25) is 4.79 Å². The molecule has 0 aliphatic carbocycles. The van der Waals surface area contributed by atoms with E-state index in [4.69, 9.17) is 5.73 Å². The topological polar surface area (TPSA) is 55.1 Å². The van der Waals surface area contributed by atoms with Crippen LogP contribution >= 0.6 is 0 Å². The summed E-state index contributed by atoms with van der Waals surface area (Å²) in [5.41, 5.74) is 10.5. The van der Waals surface area contributed by atoms with Gasteiger partial charge in [-0.25, -0.2) is 0 Å². The van der Waals surface area contributed by atoms with Gasteiger partial charge in [-0.1, -0.05) is 38.1 Å². The van der Waals surface area contributed by atoms with Gasteiger partial charge in [0.25, 0.3) is 0 Å². The predicted octanol–water partition coefficient (Wildman–Crippen LogP) is 4.21. The first kappa shape index (κ1) is 15.1. The molecule has 3 nitrogen and oxygen atoms in total. The number of anilines is 2. The van der Waals surface area contributed by atoms with Crippen LogP contribution in [0.25, 0.3) is 0 Å². The summed E-state index contributed by atoms with van der Waals surface area (Å²) in [5, 5.41) is 3.33. The summed E-state index contributed by atoms with van der Waals surface area (Å²) < 4.78 is 0. The van der Waals surface area contributed by atoms with Gasteiger partial charge in [0.15, 0.2) is 5.78 Å². The Morgan fingerprint density at radius 1 is 1.14 bits per heavy atom. The van der Waals surface area contributed by atoms with Gasteiger partial charge in [-0.15, -0.1) is 0 Å². The van der Waals surface area contributed by atoms with Gasteiger partial charge in [0.1, 0.15) is 0 Å². The molecule has 0 bridgehead atoms. The molecule has 0 aliphatic heterocycles. The quantitative estimate of drug-likeness (QED) is 0.638. The van der Waals surface area contributed by atoms with Gasteiger partial charge in [0.05, 0.1) is 0 Å². The summed E-state index contributed by atoms with van der Waals surface area (Å²) in [6.45, 7) is 6.63. The lowest BCUT2D eigenvalue weighted by molar-refractivity contribution is 0.101. The van der Waals surface area contributed by atoms with E-state index in [1.165, 1.54) is 18.1 Å². The average Bonchev–Trinajstić information content (AvgIpc) is 2.45. The molecule has 2 rings (SSSR count). The fraction of sp³-hybridized carbons (Fsp3) is 0.278. The van der Waals surface area contributed by atoms with Crippen LogP contribution in [-0.4, -0.2) is 5.78 Å². The highest BCUT2D eigenvalue weighted by atomic mass is 16.1. The molecule has 0 spiro atoms. The largest absolute Gasteiger partial charge is 0.398 e. The standard InChI is InChI=1S/C18H22N2O/c1-12(2)15-6-4-14(5-7-15)11-20-16-8-9-17(13(3)21)18(19)10-16/h4-10,12,20H,11,19H2,1-3H3.